The molecule has 0 bridgehead atoms. The fraction of sp³-hybridized carbons (Fsp3) is 0.107. The lowest BCUT2D eigenvalue weighted by Gasteiger charge is -2.42. The van der Waals surface area contributed by atoms with E-state index in [0.717, 1.165) is 87.9 Å². The molecule has 8 heteroatoms. The minimum absolute atomic E-state index is 0.0707. The summed E-state index contributed by atoms with van der Waals surface area (Å²) in [6, 6.07) is 72.8. The highest BCUT2D eigenvalue weighted by molar-refractivity contribution is 8.00. The van der Waals surface area contributed by atoms with E-state index in [2.05, 4.69) is 197 Å². The highest BCUT2D eigenvalue weighted by Gasteiger charge is 2.42. The topological polar surface area (TPSA) is 46.7 Å². The van der Waals surface area contributed by atoms with Crippen LogP contribution >= 0.6 is 23.1 Å². The lowest BCUT2D eigenvalue weighted by atomic mass is 9.35. The second-order valence-corrected chi connectivity index (χ2v) is 25.9. The molecule has 2 aliphatic rings. The fourth-order valence-electron chi connectivity index (χ4n) is 12.4. The van der Waals surface area contributed by atoms with Crippen molar-refractivity contribution in [1.82, 2.24) is 0 Å². The van der Waals surface area contributed by atoms with E-state index in [-0.39, 0.29) is 35.3 Å². The van der Waals surface area contributed by atoms with Crippen LogP contribution in [0, 0.1) is 11.3 Å². The minimum Gasteiger partial charge on any atom is -0.456 e. The monoisotopic (exact) mass is 1110 g/mol. The molecule has 4 heterocycles. The number of hydrogen-bond acceptors (Lipinski definition) is 7. The average molecular weight is 1110 g/mol. The van der Waals surface area contributed by atoms with Gasteiger partial charge in [-0.1, -0.05) is 156 Å². The SMILES string of the molecule is [2H]c1c([2H])c([2H])c(N(c2ccccc2)c2ccc3c(c2)Sc2cc(-c4ccc5oc6ccc7sc8ccccc8c7c6c5c4)cc4c2B3c2ccc(N(c3ccccc3)c3ccc(C#N)cc3)cc2N4c2cc(C(C)(C)C)cc(C(C)(C)C)c2)c([2H])c1[2H]. The van der Waals surface area contributed by atoms with E-state index >= 15 is 0 Å². The maximum absolute atomic E-state index is 9.95. The standard InChI is InChI=1S/C75H57BN4OS2/c1-74(2,3)50-41-51(75(4,5)6)43-58(42-50)80-63-44-56(79(54-22-14-9-15-23-54)55-29-26-47(46-77)27-30-55)31-33-61(63)76-62-34-32-57(78(52-18-10-7-11-19-52)53-20-12-8-13-21-53)45-69(62)83-70-40-49(39-64(80)73(70)76)48-28-35-65-60(38-48)71-66(81-65)36-37-68-72(71)59-24-16-17-25-67(59)82-68/h7-45H,1-6H3/i7D,10D,11D,18D,19D. The van der Waals surface area contributed by atoms with Crippen molar-refractivity contribution in [2.45, 2.75) is 62.2 Å². The third-order valence-corrected chi connectivity index (χ3v) is 18.7. The van der Waals surface area contributed by atoms with Gasteiger partial charge in [0.1, 0.15) is 11.2 Å². The molecule has 0 fully saturated rings. The van der Waals surface area contributed by atoms with E-state index in [1.165, 1.54) is 36.8 Å². The van der Waals surface area contributed by atoms with Crippen LogP contribution in [0.15, 0.2) is 251 Å². The molecule has 5 nitrogen and oxygen atoms in total. The zero-order valence-corrected chi connectivity index (χ0v) is 48.4. The van der Waals surface area contributed by atoms with E-state index in [1.54, 1.807) is 28.0 Å². The van der Waals surface area contributed by atoms with Gasteiger partial charge in [0.2, 0.25) is 6.71 Å². The van der Waals surface area contributed by atoms with Gasteiger partial charge in [-0.25, -0.2) is 0 Å². The van der Waals surface area contributed by atoms with Crippen LogP contribution in [-0.2, 0) is 10.8 Å². The van der Waals surface area contributed by atoms with Crippen LogP contribution in [0.25, 0.3) is 53.2 Å². The van der Waals surface area contributed by atoms with Gasteiger partial charge in [0.05, 0.1) is 18.5 Å². The average Bonchev–Trinajstić information content (AvgIpc) is 2.32. The third-order valence-electron chi connectivity index (χ3n) is 16.5. The first-order valence-corrected chi connectivity index (χ1v) is 29.7. The molecule has 0 radical (unpaired) electrons. The highest BCUT2D eigenvalue weighted by Crippen LogP contribution is 2.50. The van der Waals surface area contributed by atoms with Crippen LogP contribution in [0.4, 0.5) is 51.2 Å². The van der Waals surface area contributed by atoms with Crippen LogP contribution in [0.1, 0.15) is 65.1 Å². The molecule has 0 amide bonds. The Morgan fingerprint density at radius 3 is 1.82 bits per heavy atom. The van der Waals surface area contributed by atoms with Gasteiger partial charge in [-0.15, -0.1) is 11.3 Å². The molecule has 11 aromatic carbocycles. The number of fused-ring (bicyclic) bond motifs is 11. The van der Waals surface area contributed by atoms with E-state index in [0.29, 0.717) is 16.9 Å². The summed E-state index contributed by atoms with van der Waals surface area (Å²) in [6.45, 7) is 13.4. The van der Waals surface area contributed by atoms with Crippen molar-refractivity contribution in [2.75, 3.05) is 14.7 Å². The summed E-state index contributed by atoms with van der Waals surface area (Å²) in [5, 5.41) is 14.5. The third kappa shape index (κ3) is 8.60. The summed E-state index contributed by atoms with van der Waals surface area (Å²) in [5.74, 6) is 0. The Bertz CT molecular complexity index is 5030. The largest absolute Gasteiger partial charge is 0.456 e. The van der Waals surface area contributed by atoms with Gasteiger partial charge >= 0.3 is 0 Å². The van der Waals surface area contributed by atoms with Crippen LogP contribution in [0.3, 0.4) is 0 Å². The molecular formula is C75H57BN4OS2. The lowest BCUT2D eigenvalue weighted by Crippen LogP contribution is -2.59. The van der Waals surface area contributed by atoms with Crippen molar-refractivity contribution in [2.24, 2.45) is 0 Å². The normalized spacial score (nSPS) is 13.7. The lowest BCUT2D eigenvalue weighted by molar-refractivity contribution is 0.569. The van der Waals surface area contributed by atoms with Crippen LogP contribution in [-0.4, -0.2) is 6.71 Å². The molecule has 0 atom stereocenters. The summed E-state index contributed by atoms with van der Waals surface area (Å²) >= 11 is 3.50. The summed E-state index contributed by atoms with van der Waals surface area (Å²) in [4.78, 5) is 8.62. The molecule has 15 rings (SSSR count). The van der Waals surface area contributed by atoms with Crippen molar-refractivity contribution < 1.29 is 11.3 Å². The maximum Gasteiger partial charge on any atom is 0.249 e. The summed E-state index contributed by atoms with van der Waals surface area (Å²) < 4.78 is 53.9. The molecule has 0 aliphatic carbocycles. The summed E-state index contributed by atoms with van der Waals surface area (Å²) in [6.07, 6.45) is 0. The number of benzene rings is 11. The Balaban J connectivity index is 1.02. The second-order valence-electron chi connectivity index (χ2n) is 23.7. The number of rotatable bonds is 8. The van der Waals surface area contributed by atoms with Gasteiger partial charge in [0, 0.05) is 91.9 Å². The van der Waals surface area contributed by atoms with E-state index < -0.39 is 18.1 Å². The molecule has 0 spiro atoms. The molecule has 2 aromatic heterocycles. The Hall–Kier alpha value is -9.26. The van der Waals surface area contributed by atoms with Gasteiger partial charge in [0.15, 0.2) is 0 Å². The van der Waals surface area contributed by atoms with Crippen molar-refractivity contribution in [3.63, 3.8) is 0 Å². The Morgan fingerprint density at radius 2 is 1.12 bits per heavy atom. The smallest absolute Gasteiger partial charge is 0.249 e. The first-order valence-electron chi connectivity index (χ1n) is 30.6. The number of para-hydroxylation sites is 3. The van der Waals surface area contributed by atoms with Crippen molar-refractivity contribution in [3.8, 4) is 17.2 Å². The first-order chi connectivity index (χ1) is 42.4. The summed E-state index contributed by atoms with van der Waals surface area (Å²) in [5.41, 5.74) is 17.0. The summed E-state index contributed by atoms with van der Waals surface area (Å²) in [7, 11) is 0. The molecule has 0 saturated heterocycles. The quantitative estimate of drug-likeness (QED) is 0.141. The van der Waals surface area contributed by atoms with E-state index in [1.807, 2.05) is 66.7 Å². The number of furan rings is 1. The van der Waals surface area contributed by atoms with Gasteiger partial charge in [-0.2, -0.15) is 5.26 Å². The van der Waals surface area contributed by atoms with Crippen LogP contribution in [0.2, 0.25) is 0 Å². The van der Waals surface area contributed by atoms with Gasteiger partial charge < -0.3 is 19.1 Å². The van der Waals surface area contributed by atoms with E-state index in [9.17, 15) is 8.00 Å². The number of anilines is 9. The predicted octanol–water partition coefficient (Wildman–Crippen LogP) is 19.8. The minimum atomic E-state index is -0.443. The van der Waals surface area contributed by atoms with Crippen molar-refractivity contribution >= 4 is 139 Å². The number of nitriles is 1. The molecule has 0 N–H and O–H groups in total. The Morgan fingerprint density at radius 1 is 0.494 bits per heavy atom. The zero-order chi connectivity index (χ0) is 60.7. The number of hydrogen-bond donors (Lipinski definition) is 0. The van der Waals surface area contributed by atoms with Gasteiger partial charge in [-0.3, -0.25) is 0 Å². The van der Waals surface area contributed by atoms with Crippen LogP contribution in [0.5, 0.6) is 0 Å². The zero-order valence-electron chi connectivity index (χ0n) is 51.7. The molecule has 0 unspecified atom stereocenters. The predicted molar refractivity (Wildman–Crippen MR) is 353 cm³/mol. The highest BCUT2D eigenvalue weighted by atomic mass is 32.2. The molecule has 0 saturated carbocycles. The Kier molecular flexibility index (Phi) is 10.6. The maximum atomic E-state index is 9.95. The van der Waals surface area contributed by atoms with Gasteiger partial charge in [-0.05, 0) is 183 Å². The molecule has 13 aromatic rings. The molecular weight excluding hydrogens is 1050 g/mol. The molecule has 83 heavy (non-hydrogen) atoms. The molecule has 398 valence electrons. The van der Waals surface area contributed by atoms with Crippen molar-refractivity contribution in [1.29, 1.82) is 5.26 Å². The first kappa shape index (κ1) is 45.4. The Labute approximate surface area is 500 Å². The van der Waals surface area contributed by atoms with Crippen LogP contribution < -0.4 is 31.1 Å². The van der Waals surface area contributed by atoms with Gasteiger partial charge in [0.25, 0.3) is 0 Å². The molecule has 2 aliphatic heterocycles. The number of nitrogens with zero attached hydrogens (tertiary/aromatic N) is 4. The fourth-order valence-corrected chi connectivity index (χ4v) is 14.7. The number of thiophene rings is 1. The van der Waals surface area contributed by atoms with Crippen molar-refractivity contribution in [3.05, 3.63) is 253 Å². The van der Waals surface area contributed by atoms with E-state index in [4.69, 9.17) is 8.53 Å². The second kappa shape index (κ2) is 19.5.